The fourth-order valence-electron chi connectivity index (χ4n) is 5.01. The Morgan fingerprint density at radius 1 is 1.00 bits per heavy atom. The molecule has 1 saturated heterocycles. The summed E-state index contributed by atoms with van der Waals surface area (Å²) in [5.74, 6) is 1.27. The van der Waals surface area contributed by atoms with Crippen LogP contribution in [0.1, 0.15) is 41.6 Å². The van der Waals surface area contributed by atoms with E-state index in [-0.39, 0.29) is 17.9 Å². The van der Waals surface area contributed by atoms with Crippen LogP contribution in [0.5, 0.6) is 5.75 Å². The van der Waals surface area contributed by atoms with E-state index in [0.29, 0.717) is 19.0 Å². The van der Waals surface area contributed by atoms with Crippen LogP contribution in [-0.2, 0) is 4.79 Å². The second-order valence-corrected chi connectivity index (χ2v) is 8.90. The first-order valence-electron chi connectivity index (χ1n) is 11.6. The zero-order valence-electron chi connectivity index (χ0n) is 19.0. The maximum atomic E-state index is 13.4. The van der Waals surface area contributed by atoms with E-state index < -0.39 is 0 Å². The number of carbonyl (C=O) groups excluding carboxylic acids is 2. The third kappa shape index (κ3) is 5.13. The number of hydrogen-bond acceptors (Lipinski definition) is 4. The minimum absolute atomic E-state index is 0.0560. The van der Waals surface area contributed by atoms with Crippen LogP contribution in [0.4, 0.5) is 5.69 Å². The third-order valence-corrected chi connectivity index (χ3v) is 6.73. The van der Waals surface area contributed by atoms with E-state index in [2.05, 4.69) is 10.2 Å². The van der Waals surface area contributed by atoms with Gasteiger partial charge in [0.15, 0.2) is 0 Å². The molecule has 1 atom stereocenters. The number of nitrogens with one attached hydrogen (secondary N) is 1. The lowest BCUT2D eigenvalue weighted by Crippen LogP contribution is -2.56. The van der Waals surface area contributed by atoms with Gasteiger partial charge in [-0.1, -0.05) is 30.5 Å². The maximum absolute atomic E-state index is 13.4. The van der Waals surface area contributed by atoms with E-state index in [1.165, 1.54) is 12.8 Å². The Morgan fingerprint density at radius 2 is 1.69 bits per heavy atom. The first-order valence-corrected chi connectivity index (χ1v) is 11.6. The van der Waals surface area contributed by atoms with Gasteiger partial charge in [0.05, 0.1) is 13.2 Å². The number of anilines is 1. The van der Waals surface area contributed by atoms with Gasteiger partial charge in [-0.15, -0.1) is 0 Å². The van der Waals surface area contributed by atoms with Crippen molar-refractivity contribution in [1.29, 1.82) is 0 Å². The number of carbonyl (C=O) groups is 2. The van der Waals surface area contributed by atoms with Crippen LogP contribution in [0, 0.1) is 12.8 Å². The monoisotopic (exact) mass is 435 g/mol. The highest BCUT2D eigenvalue weighted by atomic mass is 16.5. The summed E-state index contributed by atoms with van der Waals surface area (Å²) in [6.07, 6.45) is 4.54. The van der Waals surface area contributed by atoms with E-state index in [1.54, 1.807) is 7.11 Å². The summed E-state index contributed by atoms with van der Waals surface area (Å²) in [7, 11) is 1.63. The lowest BCUT2D eigenvalue weighted by molar-refractivity contribution is -0.123. The molecule has 2 amide bonds. The van der Waals surface area contributed by atoms with Gasteiger partial charge in [-0.25, -0.2) is 0 Å². The van der Waals surface area contributed by atoms with Crippen molar-refractivity contribution in [2.24, 2.45) is 5.92 Å². The van der Waals surface area contributed by atoms with Crippen LogP contribution < -0.4 is 10.1 Å². The topological polar surface area (TPSA) is 61.9 Å². The van der Waals surface area contributed by atoms with Gasteiger partial charge in [-0.2, -0.15) is 0 Å². The number of methoxy groups -OCH3 is 1. The normalized spacial score (nSPS) is 18.4. The molecule has 2 aromatic rings. The van der Waals surface area contributed by atoms with E-state index in [1.807, 2.05) is 60.4 Å². The summed E-state index contributed by atoms with van der Waals surface area (Å²) in [5.41, 5.74) is 2.61. The average molecular weight is 436 g/mol. The molecule has 2 aliphatic rings. The molecular weight excluding hydrogens is 402 g/mol. The number of benzene rings is 2. The van der Waals surface area contributed by atoms with E-state index in [9.17, 15) is 9.59 Å². The van der Waals surface area contributed by atoms with Crippen molar-refractivity contribution >= 4 is 17.5 Å². The molecule has 2 aromatic carbocycles. The zero-order valence-corrected chi connectivity index (χ0v) is 19.0. The first-order chi connectivity index (χ1) is 15.5. The predicted octanol–water partition coefficient (Wildman–Crippen LogP) is 3.96. The van der Waals surface area contributed by atoms with Crippen LogP contribution >= 0.6 is 0 Å². The highest BCUT2D eigenvalue weighted by molar-refractivity contribution is 5.96. The Bertz CT molecular complexity index is 930. The molecule has 0 aromatic heterocycles. The van der Waals surface area contributed by atoms with Crippen LogP contribution in [0.3, 0.4) is 0 Å². The number of ether oxygens (including phenoxy) is 1. The van der Waals surface area contributed by atoms with Gasteiger partial charge in [0.2, 0.25) is 5.91 Å². The number of amides is 2. The second kappa shape index (κ2) is 10.2. The standard InChI is InChI=1S/C26H33N3O3/c1-19-6-5-9-21(18-19)26(31)29-16-14-28(15-17-29)24(20-7-3-4-8-20)25(30)27-22-10-12-23(32-2)13-11-22/h5-6,9-13,18,20,24H,3-4,7-8,14-17H2,1-2H3,(H,27,30). The van der Waals surface area contributed by atoms with Gasteiger partial charge in [0, 0.05) is 37.4 Å². The molecule has 32 heavy (non-hydrogen) atoms. The van der Waals surface area contributed by atoms with Gasteiger partial charge in [-0.3, -0.25) is 14.5 Å². The molecule has 170 valence electrons. The minimum Gasteiger partial charge on any atom is -0.497 e. The summed E-state index contributed by atoms with van der Waals surface area (Å²) >= 11 is 0. The van der Waals surface area contributed by atoms with Gasteiger partial charge in [0.1, 0.15) is 5.75 Å². The van der Waals surface area contributed by atoms with Crippen molar-refractivity contribution < 1.29 is 14.3 Å². The van der Waals surface area contributed by atoms with Crippen molar-refractivity contribution in [2.45, 2.75) is 38.6 Å². The smallest absolute Gasteiger partial charge is 0.253 e. The molecule has 0 bridgehead atoms. The molecule has 0 radical (unpaired) electrons. The van der Waals surface area contributed by atoms with Gasteiger partial charge >= 0.3 is 0 Å². The molecule has 1 heterocycles. The van der Waals surface area contributed by atoms with Crippen molar-refractivity contribution in [3.05, 3.63) is 59.7 Å². The maximum Gasteiger partial charge on any atom is 0.253 e. The Morgan fingerprint density at radius 3 is 2.31 bits per heavy atom. The fourth-order valence-corrected chi connectivity index (χ4v) is 5.01. The molecule has 2 fully saturated rings. The molecule has 6 heteroatoms. The second-order valence-electron chi connectivity index (χ2n) is 8.90. The highest BCUT2D eigenvalue weighted by Crippen LogP contribution is 2.32. The van der Waals surface area contributed by atoms with Gasteiger partial charge in [0.25, 0.3) is 5.91 Å². The van der Waals surface area contributed by atoms with Crippen LogP contribution in [0.25, 0.3) is 0 Å². The molecule has 0 spiro atoms. The Balaban J connectivity index is 1.42. The average Bonchev–Trinajstić information content (AvgIpc) is 3.34. The largest absolute Gasteiger partial charge is 0.497 e. The van der Waals surface area contributed by atoms with E-state index in [0.717, 1.165) is 48.5 Å². The highest BCUT2D eigenvalue weighted by Gasteiger charge is 2.37. The third-order valence-electron chi connectivity index (χ3n) is 6.73. The Hall–Kier alpha value is -2.86. The summed E-state index contributed by atoms with van der Waals surface area (Å²) < 4.78 is 5.21. The molecule has 1 N–H and O–H groups in total. The molecule has 1 saturated carbocycles. The number of aryl methyl sites for hydroxylation is 1. The summed E-state index contributed by atoms with van der Waals surface area (Å²) in [4.78, 5) is 30.5. The number of nitrogens with zero attached hydrogens (tertiary/aromatic N) is 2. The molecular formula is C26H33N3O3. The number of rotatable bonds is 6. The number of piperazine rings is 1. The molecule has 1 unspecified atom stereocenters. The minimum atomic E-state index is -0.157. The first kappa shape index (κ1) is 22.3. The van der Waals surface area contributed by atoms with Crippen LogP contribution in [0.15, 0.2) is 48.5 Å². The number of hydrogen-bond donors (Lipinski definition) is 1. The summed E-state index contributed by atoms with van der Waals surface area (Å²) in [6.45, 7) is 4.73. The molecule has 1 aliphatic carbocycles. The Labute approximate surface area is 190 Å². The molecule has 6 nitrogen and oxygen atoms in total. The predicted molar refractivity (Wildman–Crippen MR) is 126 cm³/mol. The van der Waals surface area contributed by atoms with Crippen LogP contribution in [0.2, 0.25) is 0 Å². The Kier molecular flexibility index (Phi) is 7.10. The van der Waals surface area contributed by atoms with Crippen molar-refractivity contribution in [2.75, 3.05) is 38.6 Å². The van der Waals surface area contributed by atoms with Gasteiger partial charge < -0.3 is 15.0 Å². The lowest BCUT2D eigenvalue weighted by atomic mass is 9.94. The quantitative estimate of drug-likeness (QED) is 0.746. The van der Waals surface area contributed by atoms with Crippen molar-refractivity contribution in [3.63, 3.8) is 0 Å². The molecule has 4 rings (SSSR count). The van der Waals surface area contributed by atoms with Gasteiger partial charge in [-0.05, 0) is 62.1 Å². The van der Waals surface area contributed by atoms with E-state index >= 15 is 0 Å². The van der Waals surface area contributed by atoms with Crippen LogP contribution in [-0.4, -0.2) is 60.9 Å². The summed E-state index contributed by atoms with van der Waals surface area (Å²) in [6, 6.07) is 15.1. The SMILES string of the molecule is COc1ccc(NC(=O)C(C2CCCC2)N2CCN(C(=O)c3cccc(C)c3)CC2)cc1. The van der Waals surface area contributed by atoms with Crippen molar-refractivity contribution in [1.82, 2.24) is 9.80 Å². The van der Waals surface area contributed by atoms with Crippen molar-refractivity contribution in [3.8, 4) is 5.75 Å². The zero-order chi connectivity index (χ0) is 22.5. The summed E-state index contributed by atoms with van der Waals surface area (Å²) in [5, 5.41) is 3.12. The fraction of sp³-hybridized carbons (Fsp3) is 0.462. The van der Waals surface area contributed by atoms with E-state index in [4.69, 9.17) is 4.74 Å². The molecule has 1 aliphatic heterocycles. The lowest BCUT2D eigenvalue weighted by Gasteiger charge is -2.40.